The summed E-state index contributed by atoms with van der Waals surface area (Å²) in [6.07, 6.45) is 1.88. The van der Waals surface area contributed by atoms with E-state index in [1.165, 1.54) is 24.3 Å². The summed E-state index contributed by atoms with van der Waals surface area (Å²) in [6, 6.07) is 9.43. The predicted molar refractivity (Wildman–Crippen MR) is 152 cm³/mol. The summed E-state index contributed by atoms with van der Waals surface area (Å²) in [6.45, 7) is 0.757. The molecule has 0 spiro atoms. The van der Waals surface area contributed by atoms with E-state index < -0.39 is 54.0 Å². The van der Waals surface area contributed by atoms with Crippen molar-refractivity contribution >= 4 is 29.8 Å². The van der Waals surface area contributed by atoms with Gasteiger partial charge in [-0.1, -0.05) is 24.3 Å². The summed E-state index contributed by atoms with van der Waals surface area (Å²) in [7, 11) is 0. The maximum atomic E-state index is 11.7. The lowest BCUT2D eigenvalue weighted by atomic mass is 10.1. The highest BCUT2D eigenvalue weighted by molar-refractivity contribution is 5.91. The zero-order valence-electron chi connectivity index (χ0n) is 23.3. The van der Waals surface area contributed by atoms with E-state index in [1.54, 1.807) is 24.3 Å². The summed E-state index contributed by atoms with van der Waals surface area (Å²) in [5.74, 6) is -4.20. The molecular weight excluding hydrogens is 568 g/mol. The Morgan fingerprint density at radius 1 is 0.767 bits per heavy atom. The second-order valence-electron chi connectivity index (χ2n) is 9.56. The van der Waals surface area contributed by atoms with Crippen LogP contribution < -0.4 is 22.5 Å². The van der Waals surface area contributed by atoms with Gasteiger partial charge in [0.1, 0.15) is 35.7 Å². The van der Waals surface area contributed by atoms with Crippen LogP contribution in [0.2, 0.25) is 0 Å². The van der Waals surface area contributed by atoms with Crippen molar-refractivity contribution in [3.63, 3.8) is 0 Å². The fourth-order valence-electron chi connectivity index (χ4n) is 3.48. The third-order valence-corrected chi connectivity index (χ3v) is 5.94. The van der Waals surface area contributed by atoms with Crippen molar-refractivity contribution in [2.75, 3.05) is 6.54 Å². The third-order valence-electron chi connectivity index (χ3n) is 5.94. The minimum atomic E-state index is -1.17. The molecule has 0 aromatic heterocycles. The van der Waals surface area contributed by atoms with Crippen molar-refractivity contribution in [3.8, 4) is 11.5 Å². The van der Waals surface area contributed by atoms with Crippen LogP contribution in [0.3, 0.4) is 0 Å². The molecule has 2 aromatic rings. The molecule has 0 unspecified atom stereocenters. The summed E-state index contributed by atoms with van der Waals surface area (Å²) < 4.78 is 4.78. The van der Waals surface area contributed by atoms with Crippen LogP contribution in [0.15, 0.2) is 48.5 Å². The molecule has 0 bridgehead atoms. The standard InChI is InChI=1S/C14H18N2O4.C9H11NO3.C5H9NO4/c15-11(8-9-3-5-10(17)6-4-9)13(18)20-14(19)12-2-1-7-16-12;10-8(9(12)13)5-6-1-3-7(11)4-2-6;6-3(5(9)10)1-2-4(7)8/h3-6,11-12,16-17H,1-2,7-8,15H2;1-4,8,11H,5,10H2,(H,12,13);3H,1-2,6H2,(H,7,8)(H,9,10)/t11-,12-;8-;3-/m000/s1. The van der Waals surface area contributed by atoms with Gasteiger partial charge < -0.3 is 52.8 Å². The summed E-state index contributed by atoms with van der Waals surface area (Å²) in [5.41, 5.74) is 17.6. The number of hydrogen-bond donors (Lipinski definition) is 9. The fraction of sp³-hybridized carbons (Fsp3) is 0.393. The van der Waals surface area contributed by atoms with Gasteiger partial charge in [0.2, 0.25) is 0 Å². The highest BCUT2D eigenvalue weighted by atomic mass is 16.6. The van der Waals surface area contributed by atoms with Crippen molar-refractivity contribution < 1.29 is 54.2 Å². The van der Waals surface area contributed by atoms with Crippen LogP contribution in [0.1, 0.15) is 36.8 Å². The average molecular weight is 607 g/mol. The van der Waals surface area contributed by atoms with Gasteiger partial charge in [-0.25, -0.2) is 9.59 Å². The van der Waals surface area contributed by atoms with Crippen molar-refractivity contribution in [1.82, 2.24) is 5.32 Å². The number of hydrogen-bond acceptors (Lipinski definition) is 12. The summed E-state index contributed by atoms with van der Waals surface area (Å²) in [5, 5.41) is 45.9. The number of aromatic hydroxyl groups is 2. The first-order chi connectivity index (χ1) is 20.2. The van der Waals surface area contributed by atoms with Crippen molar-refractivity contribution in [2.24, 2.45) is 17.2 Å². The highest BCUT2D eigenvalue weighted by Gasteiger charge is 2.27. The number of benzene rings is 2. The number of ether oxygens (including phenoxy) is 1. The number of phenolic OH excluding ortho intramolecular Hbond substituents is 2. The molecule has 1 saturated heterocycles. The second-order valence-corrected chi connectivity index (χ2v) is 9.56. The van der Waals surface area contributed by atoms with Gasteiger partial charge in [0.05, 0.1) is 0 Å². The van der Waals surface area contributed by atoms with Crippen molar-refractivity contribution in [3.05, 3.63) is 59.7 Å². The number of nitrogens with two attached hydrogens (primary N) is 3. The lowest BCUT2D eigenvalue weighted by Crippen LogP contribution is -2.40. The van der Waals surface area contributed by atoms with Crippen molar-refractivity contribution in [2.45, 2.75) is 62.7 Å². The second kappa shape index (κ2) is 18.8. The fourth-order valence-corrected chi connectivity index (χ4v) is 3.48. The van der Waals surface area contributed by atoms with Crippen molar-refractivity contribution in [1.29, 1.82) is 0 Å². The van der Waals surface area contributed by atoms with Crippen LogP contribution >= 0.6 is 0 Å². The Bertz CT molecular complexity index is 1200. The van der Waals surface area contributed by atoms with Crippen LogP contribution in [0.4, 0.5) is 0 Å². The topological polar surface area (TPSA) is 286 Å². The maximum Gasteiger partial charge on any atom is 0.330 e. The van der Waals surface area contributed by atoms with Crippen LogP contribution in [0.5, 0.6) is 11.5 Å². The number of esters is 2. The van der Waals surface area contributed by atoms with Gasteiger partial charge in [-0.05, 0) is 74.0 Å². The number of rotatable bonds is 11. The Hall–Kier alpha value is -4.57. The molecule has 15 nitrogen and oxygen atoms in total. The van der Waals surface area contributed by atoms with Crippen LogP contribution in [-0.2, 0) is 41.6 Å². The molecule has 43 heavy (non-hydrogen) atoms. The van der Waals surface area contributed by atoms with E-state index in [-0.39, 0.29) is 37.2 Å². The third kappa shape index (κ3) is 15.3. The maximum absolute atomic E-state index is 11.7. The minimum absolute atomic E-state index is 0.0231. The van der Waals surface area contributed by atoms with Crippen LogP contribution in [-0.4, -0.2) is 86.1 Å². The SMILES string of the molecule is N[C@@H](CCC(=O)O)C(=O)O.N[C@@H](Cc1ccc(O)cc1)C(=O)O.N[C@@H](Cc1ccc(O)cc1)C(=O)OC(=O)[C@@H]1CCCN1. The van der Waals surface area contributed by atoms with E-state index >= 15 is 0 Å². The Morgan fingerprint density at radius 3 is 1.63 bits per heavy atom. The number of carbonyl (C=O) groups excluding carboxylic acids is 2. The Kier molecular flexibility index (Phi) is 15.9. The van der Waals surface area contributed by atoms with E-state index in [2.05, 4.69) is 5.32 Å². The molecule has 236 valence electrons. The van der Waals surface area contributed by atoms with Crippen LogP contribution in [0, 0.1) is 0 Å². The summed E-state index contributed by atoms with van der Waals surface area (Å²) >= 11 is 0. The molecule has 2 aromatic carbocycles. The molecule has 0 radical (unpaired) electrons. The first kappa shape index (κ1) is 36.5. The van der Waals surface area contributed by atoms with E-state index in [4.69, 9.17) is 47.5 Å². The molecule has 1 aliphatic heterocycles. The predicted octanol–water partition coefficient (Wildman–Crippen LogP) is -0.306. The van der Waals surface area contributed by atoms with E-state index in [9.17, 15) is 24.0 Å². The molecule has 0 saturated carbocycles. The van der Waals surface area contributed by atoms with Gasteiger partial charge >= 0.3 is 29.8 Å². The molecule has 12 N–H and O–H groups in total. The number of nitrogens with one attached hydrogen (secondary N) is 1. The van der Waals surface area contributed by atoms with E-state index in [1.807, 2.05) is 0 Å². The molecule has 15 heteroatoms. The van der Waals surface area contributed by atoms with E-state index in [0.29, 0.717) is 6.42 Å². The molecule has 1 aliphatic rings. The molecule has 1 heterocycles. The highest BCUT2D eigenvalue weighted by Crippen LogP contribution is 2.13. The molecular formula is C28H38N4O11. The zero-order chi connectivity index (χ0) is 32.5. The molecule has 1 fully saturated rings. The van der Waals surface area contributed by atoms with Gasteiger partial charge in [0.25, 0.3) is 0 Å². The quantitative estimate of drug-likeness (QED) is 0.117. The molecule has 0 amide bonds. The average Bonchev–Trinajstić information content (AvgIpc) is 3.50. The number of carbonyl (C=O) groups is 5. The molecule has 3 rings (SSSR count). The number of carboxylic acid groups (broad SMARTS) is 3. The molecule has 4 atom stereocenters. The Morgan fingerprint density at radius 2 is 1.23 bits per heavy atom. The largest absolute Gasteiger partial charge is 0.508 e. The van der Waals surface area contributed by atoms with Crippen LogP contribution in [0.25, 0.3) is 0 Å². The zero-order valence-corrected chi connectivity index (χ0v) is 23.3. The molecule has 0 aliphatic carbocycles. The van der Waals surface area contributed by atoms with Gasteiger partial charge in [0.15, 0.2) is 0 Å². The van der Waals surface area contributed by atoms with E-state index in [0.717, 1.165) is 24.1 Å². The smallest absolute Gasteiger partial charge is 0.330 e. The Balaban J connectivity index is 0.000000348. The number of aliphatic carboxylic acids is 3. The number of carboxylic acids is 3. The van der Waals surface area contributed by atoms with Gasteiger partial charge in [-0.2, -0.15) is 0 Å². The first-order valence-corrected chi connectivity index (χ1v) is 13.2. The lowest BCUT2D eigenvalue weighted by Gasteiger charge is -2.13. The monoisotopic (exact) mass is 606 g/mol. The lowest BCUT2D eigenvalue weighted by molar-refractivity contribution is -0.162. The summed E-state index contributed by atoms with van der Waals surface area (Å²) in [4.78, 5) is 53.7. The van der Waals surface area contributed by atoms with Gasteiger partial charge in [0, 0.05) is 6.42 Å². The Labute approximate surface area is 247 Å². The number of phenols is 2. The van der Waals surface area contributed by atoms with Gasteiger partial charge in [-0.15, -0.1) is 0 Å². The normalized spacial score (nSPS) is 15.7. The minimum Gasteiger partial charge on any atom is -0.508 e. The first-order valence-electron chi connectivity index (χ1n) is 13.2. The van der Waals surface area contributed by atoms with Gasteiger partial charge in [-0.3, -0.25) is 14.4 Å².